The lowest BCUT2D eigenvalue weighted by Crippen LogP contribution is -2.27. The molecule has 0 aromatic carbocycles. The lowest BCUT2D eigenvalue weighted by atomic mass is 10.4. The van der Waals surface area contributed by atoms with E-state index in [-0.39, 0.29) is 13.0 Å². The molecule has 1 heterocycles. The Labute approximate surface area is 65.6 Å². The normalized spacial score (nSPS) is 10.0. The maximum absolute atomic E-state index is 10.7. The van der Waals surface area contributed by atoms with Crippen LogP contribution < -0.4 is 11.4 Å². The lowest BCUT2D eigenvalue weighted by molar-refractivity contribution is -0.137. The molecule has 1 rings (SSSR count). The average Bonchev–Trinajstić information content (AvgIpc) is 2.28. The second kappa shape index (κ2) is 3.07. The molecule has 1 aromatic heterocycles. The average molecular weight is 173 g/mol. The molecular weight excluding hydrogens is 166 g/mol. The fourth-order valence-electron chi connectivity index (χ4n) is 0.745. The van der Waals surface area contributed by atoms with Crippen molar-refractivity contribution in [2.75, 3.05) is 0 Å². The monoisotopic (exact) mass is 173 g/mol. The highest BCUT2D eigenvalue weighted by atomic mass is 16.4. The summed E-state index contributed by atoms with van der Waals surface area (Å²) >= 11 is 0. The number of aliphatic carboxylic acids is 1. The summed E-state index contributed by atoms with van der Waals surface area (Å²) in [5, 5.41) is 12.3. The molecule has 3 N–H and O–H groups in total. The van der Waals surface area contributed by atoms with Gasteiger partial charge in [-0.15, -0.1) is 0 Å². The van der Waals surface area contributed by atoms with Gasteiger partial charge >= 0.3 is 17.3 Å². The summed E-state index contributed by atoms with van der Waals surface area (Å²) in [7, 11) is 0. The molecule has 66 valence electrons. The molecule has 7 nitrogen and oxygen atoms in total. The van der Waals surface area contributed by atoms with Crippen molar-refractivity contribution >= 4 is 5.97 Å². The van der Waals surface area contributed by atoms with Crippen molar-refractivity contribution in [1.29, 1.82) is 0 Å². The smallest absolute Gasteiger partial charge is 0.344 e. The van der Waals surface area contributed by atoms with Crippen LogP contribution in [-0.4, -0.2) is 25.8 Å². The minimum absolute atomic E-state index is 0.118. The molecule has 12 heavy (non-hydrogen) atoms. The summed E-state index contributed by atoms with van der Waals surface area (Å²) in [6, 6.07) is 0. The number of aromatic amines is 2. The van der Waals surface area contributed by atoms with E-state index in [2.05, 4.69) is 0 Å². The highest BCUT2D eigenvalue weighted by molar-refractivity contribution is 5.66. The number of nitrogens with zero attached hydrogens (tertiary/aromatic N) is 1. The van der Waals surface area contributed by atoms with Gasteiger partial charge < -0.3 is 5.11 Å². The van der Waals surface area contributed by atoms with Crippen molar-refractivity contribution in [3.05, 3.63) is 21.0 Å². The first kappa shape index (κ1) is 8.31. The molecule has 0 aliphatic carbocycles. The number of aromatic nitrogens is 3. The van der Waals surface area contributed by atoms with Crippen LogP contribution >= 0.6 is 0 Å². The van der Waals surface area contributed by atoms with Gasteiger partial charge in [0.1, 0.15) is 0 Å². The predicted octanol–water partition coefficient (Wildman–Crippen LogP) is -1.66. The molecule has 0 atom stereocenters. The highest BCUT2D eigenvalue weighted by Crippen LogP contribution is 1.80. The minimum atomic E-state index is -1.05. The summed E-state index contributed by atoms with van der Waals surface area (Å²) < 4.78 is 0.786. The van der Waals surface area contributed by atoms with Gasteiger partial charge in [-0.25, -0.2) is 24.4 Å². The quantitative estimate of drug-likeness (QED) is 0.508. The van der Waals surface area contributed by atoms with E-state index < -0.39 is 17.3 Å². The molecule has 0 radical (unpaired) electrons. The summed E-state index contributed by atoms with van der Waals surface area (Å²) in [4.78, 5) is 31.6. The number of hydrogen-bond acceptors (Lipinski definition) is 3. The van der Waals surface area contributed by atoms with Crippen LogP contribution in [0.15, 0.2) is 9.59 Å². The lowest BCUT2D eigenvalue weighted by Gasteiger charge is -1.92. The van der Waals surface area contributed by atoms with E-state index in [0.717, 1.165) is 4.57 Å². The van der Waals surface area contributed by atoms with E-state index in [1.54, 1.807) is 0 Å². The topological polar surface area (TPSA) is 108 Å². The van der Waals surface area contributed by atoms with Crippen molar-refractivity contribution in [2.45, 2.75) is 13.0 Å². The standard InChI is InChI=1S/C5H7N3O4/c9-3(10)1-2-8-4(11)6-7-5(8)12/h1-2H2,(H,6,11)(H,7,12)(H,9,10). The van der Waals surface area contributed by atoms with Gasteiger partial charge in [0, 0.05) is 6.54 Å². The number of hydrogen-bond donors (Lipinski definition) is 3. The van der Waals surface area contributed by atoms with Crippen LogP contribution in [0.4, 0.5) is 0 Å². The van der Waals surface area contributed by atoms with E-state index >= 15 is 0 Å². The van der Waals surface area contributed by atoms with Gasteiger partial charge in [-0.1, -0.05) is 0 Å². The Morgan fingerprint density at radius 2 is 1.83 bits per heavy atom. The Hall–Kier alpha value is -1.79. The van der Waals surface area contributed by atoms with E-state index in [4.69, 9.17) is 5.11 Å². The Bertz CT molecular complexity index is 356. The molecule has 0 amide bonds. The number of carboxylic acid groups (broad SMARTS) is 1. The van der Waals surface area contributed by atoms with E-state index in [1.807, 2.05) is 10.2 Å². The summed E-state index contributed by atoms with van der Waals surface area (Å²) in [5.74, 6) is -1.05. The number of carboxylic acids is 1. The van der Waals surface area contributed by atoms with Gasteiger partial charge in [0.05, 0.1) is 6.42 Å². The molecule has 0 spiro atoms. The number of H-pyrrole nitrogens is 2. The third kappa shape index (κ3) is 1.62. The van der Waals surface area contributed by atoms with Crippen molar-refractivity contribution in [3.63, 3.8) is 0 Å². The second-order valence-electron chi connectivity index (χ2n) is 2.16. The molecule has 0 fully saturated rings. The van der Waals surface area contributed by atoms with Gasteiger partial charge in [0.25, 0.3) is 0 Å². The molecule has 0 unspecified atom stereocenters. The van der Waals surface area contributed by atoms with E-state index in [9.17, 15) is 14.4 Å². The maximum Gasteiger partial charge on any atom is 0.344 e. The summed E-state index contributed by atoms with van der Waals surface area (Å²) in [5.41, 5.74) is -1.25. The summed E-state index contributed by atoms with van der Waals surface area (Å²) in [6.45, 7) is -0.118. The van der Waals surface area contributed by atoms with Crippen LogP contribution in [0.25, 0.3) is 0 Å². The first-order valence-corrected chi connectivity index (χ1v) is 3.20. The van der Waals surface area contributed by atoms with Gasteiger partial charge in [-0.05, 0) is 0 Å². The first-order chi connectivity index (χ1) is 5.61. The minimum Gasteiger partial charge on any atom is -0.481 e. The second-order valence-corrected chi connectivity index (χ2v) is 2.16. The van der Waals surface area contributed by atoms with Crippen molar-refractivity contribution in [3.8, 4) is 0 Å². The van der Waals surface area contributed by atoms with Gasteiger partial charge in [-0.3, -0.25) is 4.79 Å². The third-order valence-corrected chi connectivity index (χ3v) is 1.32. The van der Waals surface area contributed by atoms with Crippen molar-refractivity contribution in [1.82, 2.24) is 14.8 Å². The molecule has 0 aliphatic rings. The Morgan fingerprint density at radius 3 is 2.25 bits per heavy atom. The zero-order valence-corrected chi connectivity index (χ0v) is 6.03. The molecule has 0 aliphatic heterocycles. The maximum atomic E-state index is 10.7. The van der Waals surface area contributed by atoms with Crippen molar-refractivity contribution in [2.24, 2.45) is 0 Å². The molecule has 0 saturated heterocycles. The Kier molecular flexibility index (Phi) is 2.13. The zero-order valence-electron chi connectivity index (χ0n) is 6.03. The Balaban J connectivity index is 2.82. The first-order valence-electron chi connectivity index (χ1n) is 3.20. The van der Waals surface area contributed by atoms with Crippen LogP contribution in [-0.2, 0) is 11.3 Å². The number of nitrogens with one attached hydrogen (secondary N) is 2. The molecule has 1 aromatic rings. The summed E-state index contributed by atoms with van der Waals surface area (Å²) in [6.07, 6.45) is -0.249. The number of rotatable bonds is 3. The van der Waals surface area contributed by atoms with Crippen LogP contribution in [0.5, 0.6) is 0 Å². The highest BCUT2D eigenvalue weighted by Gasteiger charge is 2.04. The SMILES string of the molecule is O=C(O)CCn1c(=O)[nH][nH]c1=O. The van der Waals surface area contributed by atoms with E-state index in [0.29, 0.717) is 0 Å². The molecule has 0 bridgehead atoms. The van der Waals surface area contributed by atoms with Crippen molar-refractivity contribution < 1.29 is 9.90 Å². The van der Waals surface area contributed by atoms with Crippen LogP contribution in [0.1, 0.15) is 6.42 Å². The van der Waals surface area contributed by atoms with E-state index in [1.165, 1.54) is 0 Å². The van der Waals surface area contributed by atoms with Gasteiger partial charge in [0.15, 0.2) is 0 Å². The fraction of sp³-hybridized carbons (Fsp3) is 0.400. The molecule has 0 saturated carbocycles. The third-order valence-electron chi connectivity index (χ3n) is 1.32. The van der Waals surface area contributed by atoms with Crippen LogP contribution in [0, 0.1) is 0 Å². The van der Waals surface area contributed by atoms with Gasteiger partial charge in [-0.2, -0.15) is 0 Å². The van der Waals surface area contributed by atoms with Crippen LogP contribution in [0.3, 0.4) is 0 Å². The molecule has 7 heteroatoms. The fourth-order valence-corrected chi connectivity index (χ4v) is 0.745. The Morgan fingerprint density at radius 1 is 1.33 bits per heavy atom. The predicted molar refractivity (Wildman–Crippen MR) is 37.9 cm³/mol. The molecular formula is C5H7N3O4. The van der Waals surface area contributed by atoms with Crippen LogP contribution in [0.2, 0.25) is 0 Å². The van der Waals surface area contributed by atoms with Gasteiger partial charge in [0.2, 0.25) is 0 Å². The largest absolute Gasteiger partial charge is 0.481 e. The zero-order chi connectivity index (χ0) is 9.14. The number of carbonyl (C=O) groups is 1.